The van der Waals surface area contributed by atoms with E-state index in [0.717, 1.165) is 5.56 Å². The van der Waals surface area contributed by atoms with Crippen molar-refractivity contribution in [2.24, 2.45) is 0 Å². The monoisotopic (exact) mass is 390 g/mol. The molecule has 1 aromatic heterocycles. The van der Waals surface area contributed by atoms with Gasteiger partial charge in [-0.3, -0.25) is 4.79 Å². The van der Waals surface area contributed by atoms with E-state index in [1.807, 2.05) is 6.92 Å². The van der Waals surface area contributed by atoms with Crippen LogP contribution in [0.25, 0.3) is 0 Å². The number of aromatic nitrogens is 1. The summed E-state index contributed by atoms with van der Waals surface area (Å²) in [5.74, 6) is -2.21. The first-order chi connectivity index (χ1) is 13.2. The van der Waals surface area contributed by atoms with Crippen molar-refractivity contribution in [3.63, 3.8) is 0 Å². The highest BCUT2D eigenvalue weighted by Gasteiger charge is 2.25. The predicted molar refractivity (Wildman–Crippen MR) is 99.8 cm³/mol. The van der Waals surface area contributed by atoms with Crippen LogP contribution in [-0.2, 0) is 9.53 Å². The number of amides is 1. The number of benzene rings is 1. The number of aromatic hydroxyl groups is 1. The minimum absolute atomic E-state index is 0.0946. The molecular formula is C20H23FN2O5. The molecule has 2 rings (SSSR count). The number of hydrogen-bond donors (Lipinski definition) is 2. The van der Waals surface area contributed by atoms with E-state index in [1.165, 1.54) is 38.4 Å². The van der Waals surface area contributed by atoms with E-state index in [2.05, 4.69) is 10.3 Å². The average Bonchev–Trinajstić information content (AvgIpc) is 2.67. The van der Waals surface area contributed by atoms with Crippen LogP contribution in [0.5, 0.6) is 11.5 Å². The number of nitrogens with zero attached hydrogens (tertiary/aromatic N) is 1. The number of esters is 1. The Morgan fingerprint density at radius 1 is 1.14 bits per heavy atom. The molecule has 0 saturated carbocycles. The highest BCUT2D eigenvalue weighted by molar-refractivity contribution is 5.97. The third-order valence-corrected chi connectivity index (χ3v) is 4.43. The summed E-state index contributed by atoms with van der Waals surface area (Å²) in [5, 5.41) is 12.4. The number of hydrogen-bond acceptors (Lipinski definition) is 6. The van der Waals surface area contributed by atoms with Gasteiger partial charge in [-0.25, -0.2) is 14.2 Å². The summed E-state index contributed by atoms with van der Waals surface area (Å²) in [6.07, 6.45) is 0.809. The minimum Gasteiger partial charge on any atom is -0.503 e. The summed E-state index contributed by atoms with van der Waals surface area (Å²) >= 11 is 0. The zero-order chi connectivity index (χ0) is 20.8. The Balaban J connectivity index is 1.98. The van der Waals surface area contributed by atoms with Gasteiger partial charge in [-0.2, -0.15) is 0 Å². The Bertz CT molecular complexity index is 841. The van der Waals surface area contributed by atoms with Crippen LogP contribution in [0.15, 0.2) is 36.5 Å². The van der Waals surface area contributed by atoms with Gasteiger partial charge in [0.25, 0.3) is 5.91 Å². The Morgan fingerprint density at radius 3 is 2.39 bits per heavy atom. The third kappa shape index (κ3) is 4.97. The molecule has 0 bridgehead atoms. The fraction of sp³-hybridized carbons (Fsp3) is 0.350. The molecule has 7 nitrogen and oxygen atoms in total. The van der Waals surface area contributed by atoms with Crippen molar-refractivity contribution >= 4 is 11.9 Å². The molecule has 0 radical (unpaired) electrons. The smallest absolute Gasteiger partial charge is 0.328 e. The van der Waals surface area contributed by atoms with Crippen LogP contribution in [0.2, 0.25) is 0 Å². The Hall–Kier alpha value is -3.16. The molecule has 0 aliphatic carbocycles. The van der Waals surface area contributed by atoms with Gasteiger partial charge in [0.1, 0.15) is 18.0 Å². The predicted octanol–water partition coefficient (Wildman–Crippen LogP) is 2.79. The van der Waals surface area contributed by atoms with E-state index in [-0.39, 0.29) is 23.2 Å². The minimum atomic E-state index is -0.970. The van der Waals surface area contributed by atoms with E-state index in [4.69, 9.17) is 9.47 Å². The van der Waals surface area contributed by atoms with Crippen LogP contribution in [0.3, 0.4) is 0 Å². The maximum Gasteiger partial charge on any atom is 0.328 e. The molecule has 2 aromatic rings. The fourth-order valence-electron chi connectivity index (χ4n) is 2.52. The molecule has 2 N–H and O–H groups in total. The lowest BCUT2D eigenvalue weighted by Gasteiger charge is -2.23. The first kappa shape index (κ1) is 21.1. The molecule has 0 unspecified atom stereocenters. The summed E-state index contributed by atoms with van der Waals surface area (Å²) in [7, 11) is 1.35. The normalized spacial score (nSPS) is 13.9. The number of methoxy groups -OCH3 is 1. The van der Waals surface area contributed by atoms with Crippen LogP contribution in [0, 0.1) is 5.82 Å². The quantitative estimate of drug-likeness (QED) is 0.706. The van der Waals surface area contributed by atoms with Gasteiger partial charge in [0.2, 0.25) is 0 Å². The van der Waals surface area contributed by atoms with Crippen molar-refractivity contribution in [2.45, 2.75) is 38.8 Å². The standard InChI is InChI=1S/C20H23FN2O5/c1-11(14-5-7-15(21)8-6-14)13(3)28-20(26)12(2)23-19(25)17-18(24)16(27-4)9-10-22-17/h5-13,24H,1-4H3,(H,23,25)/t11-,12+,13+/m0/s1. The first-order valence-corrected chi connectivity index (χ1v) is 8.73. The molecule has 0 spiro atoms. The maximum absolute atomic E-state index is 13.0. The number of carbonyl (C=O) groups excluding carboxylic acids is 2. The van der Waals surface area contributed by atoms with Gasteiger partial charge in [-0.1, -0.05) is 19.1 Å². The van der Waals surface area contributed by atoms with Crippen molar-refractivity contribution in [2.75, 3.05) is 7.11 Å². The Morgan fingerprint density at radius 2 is 1.79 bits per heavy atom. The van der Waals surface area contributed by atoms with Crippen molar-refractivity contribution in [1.82, 2.24) is 10.3 Å². The number of halogens is 1. The second-order valence-corrected chi connectivity index (χ2v) is 6.39. The zero-order valence-electron chi connectivity index (χ0n) is 16.1. The molecule has 1 aromatic carbocycles. The van der Waals surface area contributed by atoms with Crippen LogP contribution in [-0.4, -0.2) is 41.2 Å². The summed E-state index contributed by atoms with van der Waals surface area (Å²) in [4.78, 5) is 28.4. The van der Waals surface area contributed by atoms with Crippen LogP contribution >= 0.6 is 0 Å². The van der Waals surface area contributed by atoms with Crippen LogP contribution in [0.1, 0.15) is 42.7 Å². The van der Waals surface area contributed by atoms with E-state index < -0.39 is 29.8 Å². The van der Waals surface area contributed by atoms with Gasteiger partial charge < -0.3 is 19.9 Å². The molecule has 0 aliphatic heterocycles. The van der Waals surface area contributed by atoms with Gasteiger partial charge in [0.05, 0.1) is 7.11 Å². The number of pyridine rings is 1. The van der Waals surface area contributed by atoms with E-state index in [1.54, 1.807) is 19.1 Å². The Labute approximate surface area is 162 Å². The molecule has 3 atom stereocenters. The largest absolute Gasteiger partial charge is 0.503 e. The van der Waals surface area contributed by atoms with Gasteiger partial charge in [-0.05, 0) is 31.5 Å². The fourth-order valence-corrected chi connectivity index (χ4v) is 2.52. The molecule has 0 aliphatic rings. The molecule has 1 amide bonds. The lowest BCUT2D eigenvalue weighted by atomic mass is 9.96. The number of ether oxygens (including phenoxy) is 2. The molecule has 28 heavy (non-hydrogen) atoms. The van der Waals surface area contributed by atoms with Crippen molar-refractivity contribution in [3.8, 4) is 11.5 Å². The summed E-state index contributed by atoms with van der Waals surface area (Å²) in [6, 6.07) is 6.39. The number of rotatable bonds is 7. The second-order valence-electron chi connectivity index (χ2n) is 6.39. The number of carbonyl (C=O) groups is 2. The first-order valence-electron chi connectivity index (χ1n) is 8.73. The van der Waals surface area contributed by atoms with Gasteiger partial charge in [-0.15, -0.1) is 0 Å². The second kappa shape index (κ2) is 9.16. The van der Waals surface area contributed by atoms with Gasteiger partial charge in [0, 0.05) is 18.2 Å². The summed E-state index contributed by atoms with van der Waals surface area (Å²) < 4.78 is 23.4. The van der Waals surface area contributed by atoms with Crippen LogP contribution in [0.4, 0.5) is 4.39 Å². The van der Waals surface area contributed by atoms with Crippen molar-refractivity contribution < 1.29 is 28.6 Å². The molecule has 0 fully saturated rings. The summed E-state index contributed by atoms with van der Waals surface area (Å²) in [5.41, 5.74) is 0.565. The highest BCUT2D eigenvalue weighted by atomic mass is 19.1. The van der Waals surface area contributed by atoms with Gasteiger partial charge in [0.15, 0.2) is 17.2 Å². The van der Waals surface area contributed by atoms with Crippen molar-refractivity contribution in [1.29, 1.82) is 0 Å². The Kier molecular flexibility index (Phi) is 6.92. The number of nitrogens with one attached hydrogen (secondary N) is 1. The molecular weight excluding hydrogens is 367 g/mol. The lowest BCUT2D eigenvalue weighted by Crippen LogP contribution is -2.41. The zero-order valence-corrected chi connectivity index (χ0v) is 16.1. The molecule has 1 heterocycles. The summed E-state index contributed by atoms with van der Waals surface area (Å²) in [6.45, 7) is 5.04. The van der Waals surface area contributed by atoms with E-state index in [0.29, 0.717) is 0 Å². The molecule has 150 valence electrons. The average molecular weight is 390 g/mol. The topological polar surface area (TPSA) is 97.8 Å². The van der Waals surface area contributed by atoms with Crippen LogP contribution < -0.4 is 10.1 Å². The highest BCUT2D eigenvalue weighted by Crippen LogP contribution is 2.27. The van der Waals surface area contributed by atoms with Gasteiger partial charge >= 0.3 is 5.97 Å². The lowest BCUT2D eigenvalue weighted by molar-refractivity contribution is -0.151. The van der Waals surface area contributed by atoms with E-state index >= 15 is 0 Å². The van der Waals surface area contributed by atoms with E-state index in [9.17, 15) is 19.1 Å². The molecule has 8 heteroatoms. The molecule has 0 saturated heterocycles. The SMILES string of the molecule is COc1ccnc(C(=O)N[C@H](C)C(=O)O[C@H](C)[C@H](C)c2ccc(F)cc2)c1O. The maximum atomic E-state index is 13.0. The third-order valence-electron chi connectivity index (χ3n) is 4.43. The van der Waals surface area contributed by atoms with Crippen molar-refractivity contribution in [3.05, 3.63) is 53.6 Å².